The highest BCUT2D eigenvalue weighted by atomic mass is 127. The Bertz CT molecular complexity index is 721. The molecule has 3 heterocycles. The van der Waals surface area contributed by atoms with Crippen molar-refractivity contribution in [3.05, 3.63) is 24.3 Å². The fraction of sp³-hybridized carbons (Fsp3) is 0.600. The summed E-state index contributed by atoms with van der Waals surface area (Å²) in [7, 11) is 0. The standard InChI is InChI=1S/C15H22N10.HI/c16-14(19-10-13-20-21-22-25(13)11-12-2-3-12)23-6-8-24(9-7-23)15-17-4-1-5-18-15;/h1,4-5,12H,2-3,6-11H2,(H2,16,19);1H. The highest BCUT2D eigenvalue weighted by Crippen LogP contribution is 2.30. The highest BCUT2D eigenvalue weighted by molar-refractivity contribution is 14.0. The smallest absolute Gasteiger partial charge is 0.225 e. The molecule has 0 radical (unpaired) electrons. The molecule has 2 N–H and O–H groups in total. The van der Waals surface area contributed by atoms with Gasteiger partial charge in [0.15, 0.2) is 11.8 Å². The molecule has 0 amide bonds. The molecule has 140 valence electrons. The van der Waals surface area contributed by atoms with Crippen LogP contribution in [0.1, 0.15) is 18.7 Å². The fourth-order valence-corrected chi connectivity index (χ4v) is 2.87. The van der Waals surface area contributed by atoms with Gasteiger partial charge in [0.1, 0.15) is 6.54 Å². The number of tetrazole rings is 1. The van der Waals surface area contributed by atoms with E-state index in [-0.39, 0.29) is 24.0 Å². The second kappa shape index (κ2) is 8.56. The molecule has 0 unspecified atom stereocenters. The number of piperazine rings is 1. The highest BCUT2D eigenvalue weighted by Gasteiger charge is 2.24. The number of anilines is 1. The van der Waals surface area contributed by atoms with E-state index in [2.05, 4.69) is 40.3 Å². The third-order valence-corrected chi connectivity index (χ3v) is 4.56. The summed E-state index contributed by atoms with van der Waals surface area (Å²) < 4.78 is 1.85. The Morgan fingerprint density at radius 3 is 2.58 bits per heavy atom. The van der Waals surface area contributed by atoms with Crippen molar-refractivity contribution in [3.63, 3.8) is 0 Å². The molecule has 2 aliphatic rings. The first-order valence-electron chi connectivity index (χ1n) is 8.61. The van der Waals surface area contributed by atoms with Crippen molar-refractivity contribution < 1.29 is 0 Å². The van der Waals surface area contributed by atoms with Crippen LogP contribution < -0.4 is 10.6 Å². The number of nitrogens with zero attached hydrogens (tertiary/aromatic N) is 9. The molecule has 1 saturated carbocycles. The molecule has 26 heavy (non-hydrogen) atoms. The lowest BCUT2D eigenvalue weighted by atomic mass is 10.3. The number of halogens is 1. The van der Waals surface area contributed by atoms with Gasteiger partial charge >= 0.3 is 0 Å². The summed E-state index contributed by atoms with van der Waals surface area (Å²) in [6.45, 7) is 4.52. The molecule has 2 aromatic rings. The van der Waals surface area contributed by atoms with E-state index in [0.29, 0.717) is 12.5 Å². The van der Waals surface area contributed by atoms with Gasteiger partial charge in [0.25, 0.3) is 0 Å². The van der Waals surface area contributed by atoms with Gasteiger partial charge in [0, 0.05) is 45.1 Å². The van der Waals surface area contributed by atoms with Gasteiger partial charge in [-0.05, 0) is 35.3 Å². The summed E-state index contributed by atoms with van der Waals surface area (Å²) in [6.07, 6.45) is 6.05. The number of nitrogens with two attached hydrogens (primary N) is 1. The average molecular weight is 470 g/mol. The van der Waals surface area contributed by atoms with Crippen LogP contribution in [0.5, 0.6) is 0 Å². The Hall–Kier alpha value is -2.05. The lowest BCUT2D eigenvalue weighted by Gasteiger charge is -2.35. The van der Waals surface area contributed by atoms with Gasteiger partial charge in [-0.25, -0.2) is 19.6 Å². The normalized spacial score (nSPS) is 17.9. The second-order valence-corrected chi connectivity index (χ2v) is 6.42. The maximum absolute atomic E-state index is 6.16. The number of rotatable bonds is 5. The number of guanidine groups is 1. The topological polar surface area (TPSA) is 114 Å². The van der Waals surface area contributed by atoms with Crippen LogP contribution in [0.25, 0.3) is 0 Å². The molecule has 2 fully saturated rings. The van der Waals surface area contributed by atoms with Crippen molar-refractivity contribution >= 4 is 35.9 Å². The van der Waals surface area contributed by atoms with Crippen LogP contribution in [-0.2, 0) is 13.1 Å². The van der Waals surface area contributed by atoms with Crippen LogP contribution in [0.2, 0.25) is 0 Å². The van der Waals surface area contributed by atoms with E-state index in [9.17, 15) is 0 Å². The first-order valence-corrected chi connectivity index (χ1v) is 8.61. The van der Waals surface area contributed by atoms with Crippen LogP contribution in [0.15, 0.2) is 23.5 Å². The van der Waals surface area contributed by atoms with E-state index >= 15 is 0 Å². The number of aliphatic imine (C=N–C) groups is 1. The molecule has 0 atom stereocenters. The molecule has 1 aliphatic heterocycles. The Morgan fingerprint density at radius 1 is 1.15 bits per heavy atom. The van der Waals surface area contributed by atoms with Crippen molar-refractivity contribution in [2.45, 2.75) is 25.9 Å². The second-order valence-electron chi connectivity index (χ2n) is 6.42. The predicted molar refractivity (Wildman–Crippen MR) is 107 cm³/mol. The average Bonchev–Trinajstić information content (AvgIpc) is 3.37. The third-order valence-electron chi connectivity index (χ3n) is 4.56. The molecule has 10 nitrogen and oxygen atoms in total. The Balaban J connectivity index is 0.00000196. The van der Waals surface area contributed by atoms with Crippen molar-refractivity contribution in [2.75, 3.05) is 31.1 Å². The minimum atomic E-state index is 0. The summed E-state index contributed by atoms with van der Waals surface area (Å²) >= 11 is 0. The first-order chi connectivity index (χ1) is 12.3. The molecule has 4 rings (SSSR count). The summed E-state index contributed by atoms with van der Waals surface area (Å²) in [6, 6.07) is 1.82. The monoisotopic (exact) mass is 470 g/mol. The minimum Gasteiger partial charge on any atom is -0.370 e. The summed E-state index contributed by atoms with van der Waals surface area (Å²) in [5.74, 6) is 2.79. The quantitative estimate of drug-likeness (QED) is 0.373. The zero-order valence-corrected chi connectivity index (χ0v) is 16.8. The molecular weight excluding hydrogens is 447 g/mol. The molecule has 0 bridgehead atoms. The van der Waals surface area contributed by atoms with E-state index in [1.165, 1.54) is 12.8 Å². The lowest BCUT2D eigenvalue weighted by molar-refractivity contribution is 0.377. The van der Waals surface area contributed by atoms with E-state index in [0.717, 1.165) is 50.4 Å². The van der Waals surface area contributed by atoms with Gasteiger partial charge in [-0.2, -0.15) is 0 Å². The zero-order valence-electron chi connectivity index (χ0n) is 14.5. The minimum absolute atomic E-state index is 0. The third kappa shape index (κ3) is 4.56. The molecule has 0 aromatic carbocycles. The van der Waals surface area contributed by atoms with Crippen LogP contribution in [0, 0.1) is 5.92 Å². The van der Waals surface area contributed by atoms with E-state index in [4.69, 9.17) is 5.73 Å². The van der Waals surface area contributed by atoms with E-state index in [1.807, 2.05) is 10.7 Å². The van der Waals surface area contributed by atoms with Gasteiger partial charge in [-0.3, -0.25) is 0 Å². The van der Waals surface area contributed by atoms with E-state index in [1.54, 1.807) is 12.4 Å². The predicted octanol–water partition coefficient (Wildman–Crippen LogP) is 0.128. The van der Waals surface area contributed by atoms with Crippen molar-refractivity contribution in [1.82, 2.24) is 35.1 Å². The van der Waals surface area contributed by atoms with Gasteiger partial charge in [-0.1, -0.05) is 0 Å². The molecule has 11 heteroatoms. The number of aromatic nitrogens is 6. The zero-order chi connectivity index (χ0) is 17.1. The Labute approximate surface area is 168 Å². The van der Waals surface area contributed by atoms with Gasteiger partial charge in [0.05, 0.1) is 0 Å². The van der Waals surface area contributed by atoms with Gasteiger partial charge < -0.3 is 15.5 Å². The largest absolute Gasteiger partial charge is 0.370 e. The maximum atomic E-state index is 6.16. The molecule has 1 saturated heterocycles. The lowest BCUT2D eigenvalue weighted by Crippen LogP contribution is -2.51. The molecule has 2 aromatic heterocycles. The van der Waals surface area contributed by atoms with Crippen LogP contribution in [0.4, 0.5) is 5.95 Å². The van der Waals surface area contributed by atoms with Gasteiger partial charge in [-0.15, -0.1) is 29.1 Å². The van der Waals surface area contributed by atoms with Gasteiger partial charge in [0.2, 0.25) is 5.95 Å². The SMILES string of the molecule is I.NC(=NCc1nnnn1CC1CC1)N1CCN(c2ncccn2)CC1. The van der Waals surface area contributed by atoms with Crippen molar-refractivity contribution in [1.29, 1.82) is 0 Å². The molecule has 1 aliphatic carbocycles. The first kappa shape index (κ1) is 18.7. The summed E-state index contributed by atoms with van der Waals surface area (Å²) in [5.41, 5.74) is 6.16. The Morgan fingerprint density at radius 2 is 1.88 bits per heavy atom. The van der Waals surface area contributed by atoms with Crippen molar-refractivity contribution in [2.24, 2.45) is 16.6 Å². The van der Waals surface area contributed by atoms with Crippen LogP contribution in [0.3, 0.4) is 0 Å². The van der Waals surface area contributed by atoms with Crippen LogP contribution in [-0.4, -0.2) is 67.2 Å². The molecular formula is C15H23IN10. The van der Waals surface area contributed by atoms with Crippen molar-refractivity contribution in [3.8, 4) is 0 Å². The van der Waals surface area contributed by atoms with E-state index < -0.39 is 0 Å². The summed E-state index contributed by atoms with van der Waals surface area (Å²) in [4.78, 5) is 17.3. The molecule has 0 spiro atoms. The fourth-order valence-electron chi connectivity index (χ4n) is 2.87. The van der Waals surface area contributed by atoms with Crippen LogP contribution >= 0.6 is 24.0 Å². The number of hydrogen-bond acceptors (Lipinski definition) is 7. The number of hydrogen-bond donors (Lipinski definition) is 1. The maximum Gasteiger partial charge on any atom is 0.225 e. The summed E-state index contributed by atoms with van der Waals surface area (Å²) in [5, 5.41) is 11.9. The Kier molecular flexibility index (Phi) is 6.16.